The minimum atomic E-state index is -3.39. The van der Waals surface area contributed by atoms with Crippen LogP contribution in [0, 0.1) is 5.92 Å². The Morgan fingerprint density at radius 3 is 2.52 bits per heavy atom. The lowest BCUT2D eigenvalue weighted by Crippen LogP contribution is -2.48. The van der Waals surface area contributed by atoms with Crippen LogP contribution in [-0.2, 0) is 14.6 Å². The summed E-state index contributed by atoms with van der Waals surface area (Å²) in [5.74, 6) is 0.347. The maximum atomic E-state index is 12.9. The summed E-state index contributed by atoms with van der Waals surface area (Å²) in [6, 6.07) is 8.64. The Balaban J connectivity index is 1.93. The molecule has 2 fully saturated rings. The van der Waals surface area contributed by atoms with Crippen LogP contribution in [0.3, 0.4) is 0 Å². The van der Waals surface area contributed by atoms with Crippen molar-refractivity contribution < 1.29 is 13.2 Å². The first-order valence-corrected chi connectivity index (χ1v) is 10.0. The number of nitrogens with one attached hydrogen (secondary N) is 1. The number of likely N-dealkylation sites (N-methyl/N-ethyl adjacent to an activating group) is 1. The zero-order valence-electron chi connectivity index (χ0n) is 13.4. The van der Waals surface area contributed by atoms with E-state index in [0.717, 1.165) is 18.4 Å². The van der Waals surface area contributed by atoms with Gasteiger partial charge in [-0.2, -0.15) is 0 Å². The summed E-state index contributed by atoms with van der Waals surface area (Å²) < 4.78 is 25.7. The maximum Gasteiger partial charge on any atom is 0.240 e. The Morgan fingerprint density at radius 2 is 1.91 bits per heavy atom. The molecule has 1 N–H and O–H groups in total. The Labute approximate surface area is 138 Å². The quantitative estimate of drug-likeness (QED) is 0.882. The van der Waals surface area contributed by atoms with E-state index in [1.165, 1.54) is 0 Å². The van der Waals surface area contributed by atoms with Gasteiger partial charge in [-0.1, -0.05) is 37.3 Å². The molecule has 0 bridgehead atoms. The number of hydrogen-bond acceptors (Lipinski definition) is 4. The Kier molecular flexibility index (Phi) is 4.73. The zero-order valence-corrected chi connectivity index (χ0v) is 14.3. The van der Waals surface area contributed by atoms with Crippen LogP contribution in [0.25, 0.3) is 0 Å². The zero-order chi connectivity index (χ0) is 16.4. The van der Waals surface area contributed by atoms with Crippen molar-refractivity contribution in [3.05, 3.63) is 35.9 Å². The summed E-state index contributed by atoms with van der Waals surface area (Å²) in [5, 5.41) is 2.43. The molecule has 3 rings (SSSR count). The van der Waals surface area contributed by atoms with E-state index in [4.69, 9.17) is 0 Å². The molecule has 2 atom stereocenters. The molecule has 0 aromatic heterocycles. The van der Waals surface area contributed by atoms with E-state index in [0.29, 0.717) is 19.0 Å². The van der Waals surface area contributed by atoms with Crippen LogP contribution in [0.4, 0.5) is 0 Å². The van der Waals surface area contributed by atoms with Gasteiger partial charge in [-0.3, -0.25) is 4.79 Å². The molecule has 0 radical (unpaired) electrons. The number of amides is 1. The molecule has 1 heterocycles. The van der Waals surface area contributed by atoms with E-state index < -0.39 is 21.1 Å². The van der Waals surface area contributed by atoms with Gasteiger partial charge in [-0.15, -0.1) is 0 Å². The van der Waals surface area contributed by atoms with Crippen LogP contribution in [0.2, 0.25) is 0 Å². The van der Waals surface area contributed by atoms with Gasteiger partial charge in [0.05, 0.1) is 5.75 Å². The van der Waals surface area contributed by atoms with Crippen molar-refractivity contribution in [3.8, 4) is 0 Å². The van der Waals surface area contributed by atoms with E-state index >= 15 is 0 Å². The lowest BCUT2D eigenvalue weighted by Gasteiger charge is -2.25. The van der Waals surface area contributed by atoms with Gasteiger partial charge in [-0.05, 0) is 30.9 Å². The van der Waals surface area contributed by atoms with Gasteiger partial charge in [0.2, 0.25) is 5.91 Å². The van der Waals surface area contributed by atoms with Gasteiger partial charge >= 0.3 is 0 Å². The van der Waals surface area contributed by atoms with Crippen LogP contribution < -0.4 is 5.32 Å². The summed E-state index contributed by atoms with van der Waals surface area (Å²) in [7, 11) is -3.39. The second-order valence-corrected chi connectivity index (χ2v) is 8.75. The first-order chi connectivity index (χ1) is 11.0. The molecular formula is C17H24N2O3S. The Morgan fingerprint density at radius 1 is 1.22 bits per heavy atom. The van der Waals surface area contributed by atoms with E-state index in [1.54, 1.807) is 4.90 Å². The standard InChI is InChI=1S/C17H24N2O3S/c1-2-18-15-12-23(21,22)16(14-6-4-3-5-7-14)11-19(17(15)20)10-13-8-9-13/h3-7,13,15-16,18H,2,8-12H2,1H3/t15-,16-/m1/s1. The smallest absolute Gasteiger partial charge is 0.240 e. The molecule has 5 nitrogen and oxygen atoms in total. The molecule has 0 spiro atoms. The topological polar surface area (TPSA) is 66.5 Å². The molecule has 2 aliphatic rings. The molecular weight excluding hydrogens is 312 g/mol. The predicted octanol–water partition coefficient (Wildman–Crippen LogP) is 1.37. The first-order valence-electron chi connectivity index (χ1n) is 8.30. The molecule has 0 unspecified atom stereocenters. The summed E-state index contributed by atoms with van der Waals surface area (Å²) in [5.41, 5.74) is 0.776. The number of sulfone groups is 1. The number of nitrogens with zero attached hydrogens (tertiary/aromatic N) is 1. The SMILES string of the molecule is CCN[C@@H]1CS(=O)(=O)[C@@H](c2ccccc2)CN(CC2CC2)C1=O. The fraction of sp³-hybridized carbons (Fsp3) is 0.588. The lowest BCUT2D eigenvalue weighted by atomic mass is 10.1. The van der Waals surface area contributed by atoms with Gasteiger partial charge < -0.3 is 10.2 Å². The van der Waals surface area contributed by atoms with Crippen molar-refractivity contribution in [3.63, 3.8) is 0 Å². The second kappa shape index (κ2) is 6.61. The second-order valence-electron chi connectivity index (χ2n) is 6.53. The highest BCUT2D eigenvalue weighted by Crippen LogP contribution is 2.33. The summed E-state index contributed by atoms with van der Waals surface area (Å²) >= 11 is 0. The maximum absolute atomic E-state index is 12.9. The molecule has 1 saturated carbocycles. The van der Waals surface area contributed by atoms with Crippen molar-refractivity contribution in [2.75, 3.05) is 25.4 Å². The fourth-order valence-electron chi connectivity index (χ4n) is 3.19. The summed E-state index contributed by atoms with van der Waals surface area (Å²) in [6.07, 6.45) is 2.27. The van der Waals surface area contributed by atoms with Crippen molar-refractivity contribution in [1.29, 1.82) is 0 Å². The van der Waals surface area contributed by atoms with Gasteiger partial charge in [0, 0.05) is 13.1 Å². The largest absolute Gasteiger partial charge is 0.339 e. The highest BCUT2D eigenvalue weighted by molar-refractivity contribution is 7.91. The molecule has 1 aliphatic carbocycles. The molecule has 6 heteroatoms. The van der Waals surface area contributed by atoms with Crippen molar-refractivity contribution in [2.45, 2.75) is 31.1 Å². The minimum absolute atomic E-state index is 0.0687. The molecule has 1 aromatic carbocycles. The Hall–Kier alpha value is -1.40. The number of carbonyl (C=O) groups excluding carboxylic acids is 1. The molecule has 126 valence electrons. The van der Waals surface area contributed by atoms with E-state index in [2.05, 4.69) is 5.32 Å². The van der Waals surface area contributed by atoms with Crippen LogP contribution in [-0.4, -0.2) is 50.7 Å². The van der Waals surface area contributed by atoms with Gasteiger partial charge in [0.1, 0.15) is 11.3 Å². The van der Waals surface area contributed by atoms with E-state index in [9.17, 15) is 13.2 Å². The number of hydrogen-bond donors (Lipinski definition) is 1. The van der Waals surface area contributed by atoms with Crippen LogP contribution in [0.5, 0.6) is 0 Å². The number of rotatable bonds is 5. The predicted molar refractivity (Wildman–Crippen MR) is 89.7 cm³/mol. The van der Waals surface area contributed by atoms with Crippen molar-refractivity contribution in [1.82, 2.24) is 10.2 Å². The average Bonchev–Trinajstić information content (AvgIpc) is 3.34. The van der Waals surface area contributed by atoms with Crippen molar-refractivity contribution in [2.24, 2.45) is 5.92 Å². The van der Waals surface area contributed by atoms with Crippen LogP contribution in [0.1, 0.15) is 30.6 Å². The van der Waals surface area contributed by atoms with Gasteiger partial charge in [-0.25, -0.2) is 8.42 Å². The molecule has 23 heavy (non-hydrogen) atoms. The third-order valence-corrected chi connectivity index (χ3v) is 6.71. The summed E-state index contributed by atoms with van der Waals surface area (Å²) in [6.45, 7) is 3.42. The highest BCUT2D eigenvalue weighted by atomic mass is 32.2. The molecule has 1 aromatic rings. The van der Waals surface area contributed by atoms with Gasteiger partial charge in [0.25, 0.3) is 0 Å². The average molecular weight is 336 g/mol. The highest BCUT2D eigenvalue weighted by Gasteiger charge is 2.41. The van der Waals surface area contributed by atoms with Gasteiger partial charge in [0.15, 0.2) is 9.84 Å². The third-order valence-electron chi connectivity index (χ3n) is 4.63. The van der Waals surface area contributed by atoms with Crippen LogP contribution in [0.15, 0.2) is 30.3 Å². The van der Waals surface area contributed by atoms with Crippen LogP contribution >= 0.6 is 0 Å². The normalized spacial score (nSPS) is 27.7. The Bertz CT molecular complexity index is 656. The first kappa shape index (κ1) is 16.5. The fourth-order valence-corrected chi connectivity index (χ4v) is 5.13. The number of benzene rings is 1. The molecule has 1 saturated heterocycles. The number of carbonyl (C=O) groups is 1. The third kappa shape index (κ3) is 3.75. The minimum Gasteiger partial charge on any atom is -0.339 e. The molecule has 1 aliphatic heterocycles. The lowest BCUT2D eigenvalue weighted by molar-refractivity contribution is -0.132. The molecule has 1 amide bonds. The monoisotopic (exact) mass is 336 g/mol. The van der Waals surface area contributed by atoms with Crippen molar-refractivity contribution >= 4 is 15.7 Å². The summed E-state index contributed by atoms with van der Waals surface area (Å²) in [4.78, 5) is 14.5. The van der Waals surface area contributed by atoms with E-state index in [-0.39, 0.29) is 18.2 Å². The van der Waals surface area contributed by atoms with E-state index in [1.807, 2.05) is 37.3 Å².